The summed E-state index contributed by atoms with van der Waals surface area (Å²) in [6.45, 7) is 5.28. The molecule has 5 heteroatoms. The van der Waals surface area contributed by atoms with Crippen molar-refractivity contribution in [3.8, 4) is 0 Å². The highest BCUT2D eigenvalue weighted by Crippen LogP contribution is 2.26. The van der Waals surface area contributed by atoms with Crippen molar-refractivity contribution in [1.29, 1.82) is 0 Å². The number of primary amides is 1. The molecule has 0 bridgehead atoms. The summed E-state index contributed by atoms with van der Waals surface area (Å²) in [5.41, 5.74) is 5.22. The van der Waals surface area contributed by atoms with E-state index in [1.807, 2.05) is 0 Å². The van der Waals surface area contributed by atoms with Crippen LogP contribution < -0.4 is 5.73 Å². The van der Waals surface area contributed by atoms with Crippen LogP contribution in [0.1, 0.15) is 13.3 Å². The number of hydrogen-bond donors (Lipinski definition) is 1. The molecule has 17 heavy (non-hydrogen) atoms. The lowest BCUT2D eigenvalue weighted by Crippen LogP contribution is -2.33. The zero-order valence-corrected chi connectivity index (χ0v) is 9.65. The van der Waals surface area contributed by atoms with E-state index in [4.69, 9.17) is 5.73 Å². The van der Waals surface area contributed by atoms with Crippen LogP contribution in [0.15, 0.2) is 36.3 Å². The zero-order chi connectivity index (χ0) is 13.0. The van der Waals surface area contributed by atoms with Gasteiger partial charge in [-0.1, -0.05) is 12.7 Å². The lowest BCUT2D eigenvalue weighted by atomic mass is 10.1. The third-order valence-corrected chi connectivity index (χ3v) is 2.61. The van der Waals surface area contributed by atoms with Crippen LogP contribution in [0.3, 0.4) is 0 Å². The lowest BCUT2D eigenvalue weighted by Gasteiger charge is -2.18. The first-order valence-electron chi connectivity index (χ1n) is 5.28. The van der Waals surface area contributed by atoms with E-state index >= 15 is 0 Å². The van der Waals surface area contributed by atoms with Crippen LogP contribution >= 0.6 is 0 Å². The average Bonchev–Trinajstić information content (AvgIpc) is 2.67. The minimum absolute atomic E-state index is 0.122. The van der Waals surface area contributed by atoms with E-state index in [-0.39, 0.29) is 12.2 Å². The second-order valence-corrected chi connectivity index (χ2v) is 3.66. The van der Waals surface area contributed by atoms with Gasteiger partial charge < -0.3 is 10.6 Å². The Kier molecular flexibility index (Phi) is 4.20. The van der Waals surface area contributed by atoms with Gasteiger partial charge in [0.25, 0.3) is 0 Å². The van der Waals surface area contributed by atoms with E-state index in [2.05, 4.69) is 6.58 Å². The van der Waals surface area contributed by atoms with E-state index in [0.717, 1.165) is 0 Å². The summed E-state index contributed by atoms with van der Waals surface area (Å²) in [6.07, 6.45) is 4.36. The highest BCUT2D eigenvalue weighted by molar-refractivity contribution is 6.01. The van der Waals surface area contributed by atoms with Crippen LogP contribution in [0.25, 0.3) is 0 Å². The standard InChI is InChI=1S/C12H15FN2O2/c1-3-5-10(9(13)4-2)15-7-6-8(11(14)16)12(15)17/h3-5,8H,1,6-7H2,2H3,(H2,14,16)/b9-4+,10-5+. The first-order chi connectivity index (χ1) is 8.02. The number of allylic oxidation sites excluding steroid dienone is 4. The monoisotopic (exact) mass is 238 g/mol. The highest BCUT2D eigenvalue weighted by atomic mass is 19.1. The van der Waals surface area contributed by atoms with Gasteiger partial charge in [0.15, 0.2) is 0 Å². The molecule has 0 spiro atoms. The normalized spacial score (nSPS) is 21.9. The number of rotatable bonds is 4. The molecule has 0 aromatic rings. The molecular weight excluding hydrogens is 223 g/mol. The van der Waals surface area contributed by atoms with Crippen molar-refractivity contribution in [2.24, 2.45) is 11.7 Å². The van der Waals surface area contributed by atoms with E-state index < -0.39 is 23.6 Å². The van der Waals surface area contributed by atoms with Gasteiger partial charge in [0, 0.05) is 6.54 Å². The molecule has 1 saturated heterocycles. The third-order valence-electron chi connectivity index (χ3n) is 2.61. The number of nitrogens with two attached hydrogens (primary N) is 1. The predicted molar refractivity (Wildman–Crippen MR) is 62.2 cm³/mol. The predicted octanol–water partition coefficient (Wildman–Crippen LogP) is 1.26. The number of hydrogen-bond acceptors (Lipinski definition) is 2. The zero-order valence-electron chi connectivity index (χ0n) is 9.65. The SMILES string of the molecule is C=C/C=C(\C(F)=C/C)N1CCC(C(N)=O)C1=O. The van der Waals surface area contributed by atoms with Crippen LogP contribution in [0.2, 0.25) is 0 Å². The number of halogens is 1. The lowest BCUT2D eigenvalue weighted by molar-refractivity contribution is -0.135. The third kappa shape index (κ3) is 2.61. The van der Waals surface area contributed by atoms with Crippen LogP contribution in [0.5, 0.6) is 0 Å². The van der Waals surface area contributed by atoms with Crippen molar-refractivity contribution in [1.82, 2.24) is 4.90 Å². The van der Waals surface area contributed by atoms with Gasteiger partial charge in [-0.3, -0.25) is 9.59 Å². The topological polar surface area (TPSA) is 63.4 Å². The maximum Gasteiger partial charge on any atom is 0.239 e. The average molecular weight is 238 g/mol. The molecule has 0 aromatic carbocycles. The van der Waals surface area contributed by atoms with Gasteiger partial charge in [-0.2, -0.15) is 0 Å². The first-order valence-corrected chi connectivity index (χ1v) is 5.28. The summed E-state index contributed by atoms with van der Waals surface area (Å²) in [5, 5.41) is 0. The second-order valence-electron chi connectivity index (χ2n) is 3.66. The van der Waals surface area contributed by atoms with Gasteiger partial charge in [-0.25, -0.2) is 4.39 Å². The van der Waals surface area contributed by atoms with Crippen molar-refractivity contribution in [2.75, 3.05) is 6.54 Å². The van der Waals surface area contributed by atoms with Gasteiger partial charge in [-0.15, -0.1) is 0 Å². The molecule has 0 saturated carbocycles. The summed E-state index contributed by atoms with van der Waals surface area (Å²) in [4.78, 5) is 24.1. The Bertz CT molecular complexity index is 413. The molecular formula is C12H15FN2O2. The van der Waals surface area contributed by atoms with Gasteiger partial charge in [-0.05, 0) is 25.5 Å². The molecule has 2 N–H and O–H groups in total. The van der Waals surface area contributed by atoms with Crippen molar-refractivity contribution >= 4 is 11.8 Å². The smallest absolute Gasteiger partial charge is 0.239 e. The van der Waals surface area contributed by atoms with Crippen LogP contribution in [0.4, 0.5) is 4.39 Å². The summed E-state index contributed by atoms with van der Waals surface area (Å²) >= 11 is 0. The van der Waals surface area contributed by atoms with Gasteiger partial charge >= 0.3 is 0 Å². The Hall–Kier alpha value is -1.91. The molecule has 1 fully saturated rings. The quantitative estimate of drug-likeness (QED) is 0.592. The molecule has 2 amide bonds. The van der Waals surface area contributed by atoms with E-state index in [0.29, 0.717) is 6.42 Å². The van der Waals surface area contributed by atoms with Gasteiger partial charge in [0.2, 0.25) is 11.8 Å². The van der Waals surface area contributed by atoms with Gasteiger partial charge in [0.05, 0.1) is 5.70 Å². The molecule has 1 rings (SSSR count). The molecule has 0 radical (unpaired) electrons. The van der Waals surface area contributed by atoms with Crippen LogP contribution in [-0.2, 0) is 9.59 Å². The van der Waals surface area contributed by atoms with E-state index in [1.165, 1.54) is 30.1 Å². The number of nitrogens with zero attached hydrogens (tertiary/aromatic N) is 1. The van der Waals surface area contributed by atoms with Crippen molar-refractivity contribution < 1.29 is 14.0 Å². The molecule has 1 aliphatic heterocycles. The molecule has 1 aliphatic rings. The number of likely N-dealkylation sites (tertiary alicyclic amines) is 1. The first kappa shape index (κ1) is 13.2. The number of carbonyl (C=O) groups is 2. The largest absolute Gasteiger partial charge is 0.369 e. The Morgan fingerprint density at radius 2 is 2.29 bits per heavy atom. The fourth-order valence-corrected chi connectivity index (χ4v) is 1.74. The molecule has 92 valence electrons. The molecule has 0 aromatic heterocycles. The molecule has 1 heterocycles. The Labute approximate surface area is 99.3 Å². The van der Waals surface area contributed by atoms with Crippen LogP contribution in [-0.4, -0.2) is 23.3 Å². The summed E-state index contributed by atoms with van der Waals surface area (Å²) in [6, 6.07) is 0. The van der Waals surface area contributed by atoms with Crippen molar-refractivity contribution in [3.05, 3.63) is 36.3 Å². The van der Waals surface area contributed by atoms with Crippen molar-refractivity contribution in [2.45, 2.75) is 13.3 Å². The fourth-order valence-electron chi connectivity index (χ4n) is 1.74. The minimum atomic E-state index is -0.854. The van der Waals surface area contributed by atoms with Crippen molar-refractivity contribution in [3.63, 3.8) is 0 Å². The maximum atomic E-state index is 13.6. The minimum Gasteiger partial charge on any atom is -0.369 e. The maximum absolute atomic E-state index is 13.6. The fraction of sp³-hybridized carbons (Fsp3) is 0.333. The molecule has 4 nitrogen and oxygen atoms in total. The van der Waals surface area contributed by atoms with Gasteiger partial charge in [0.1, 0.15) is 11.7 Å². The van der Waals surface area contributed by atoms with Crippen LogP contribution in [0, 0.1) is 5.92 Å². The second kappa shape index (κ2) is 5.43. The molecule has 1 atom stereocenters. The van der Waals surface area contributed by atoms with E-state index in [9.17, 15) is 14.0 Å². The Morgan fingerprint density at radius 3 is 2.71 bits per heavy atom. The Morgan fingerprint density at radius 1 is 1.65 bits per heavy atom. The molecule has 1 unspecified atom stereocenters. The number of carbonyl (C=O) groups excluding carboxylic acids is 2. The molecule has 0 aliphatic carbocycles. The highest BCUT2D eigenvalue weighted by Gasteiger charge is 2.37. The summed E-state index contributed by atoms with van der Waals surface area (Å²) in [5.74, 6) is -2.50. The summed E-state index contributed by atoms with van der Waals surface area (Å²) < 4.78 is 13.6. The summed E-state index contributed by atoms with van der Waals surface area (Å²) in [7, 11) is 0. The number of amides is 2. The Balaban J connectivity index is 3.01. The van der Waals surface area contributed by atoms with E-state index in [1.54, 1.807) is 0 Å².